The zero-order valence-corrected chi connectivity index (χ0v) is 8.59. The molecule has 88 valence electrons. The van der Waals surface area contributed by atoms with Crippen molar-refractivity contribution in [1.82, 2.24) is 15.3 Å². The van der Waals surface area contributed by atoms with Crippen LogP contribution in [0.3, 0.4) is 0 Å². The molecule has 0 saturated heterocycles. The average Bonchev–Trinajstić information content (AvgIpc) is 2.26. The van der Waals surface area contributed by atoms with Crippen LogP contribution in [0.15, 0.2) is 12.4 Å². The average molecular weight is 229 g/mol. The zero-order chi connectivity index (χ0) is 12.1. The van der Waals surface area contributed by atoms with Crippen molar-refractivity contribution in [3.63, 3.8) is 0 Å². The van der Waals surface area contributed by atoms with Crippen LogP contribution in [-0.4, -0.2) is 38.7 Å². The van der Waals surface area contributed by atoms with Crippen LogP contribution in [0.1, 0.15) is 18.6 Å². The molecule has 3 N–H and O–H groups in total. The van der Waals surface area contributed by atoms with Gasteiger partial charge >= 0.3 is 6.08 Å². The molecule has 0 fully saturated rings. The molecule has 1 aromatic rings. The maximum absolute atomic E-state index is 12.4. The van der Waals surface area contributed by atoms with Gasteiger partial charge in [0.05, 0.1) is 0 Å². The lowest BCUT2D eigenvalue weighted by Gasteiger charge is -2.17. The largest absolute Gasteiger partial charge is 0.388 e. The zero-order valence-electron chi connectivity index (χ0n) is 8.59. The maximum atomic E-state index is 12.4. The number of hydrogen-bond acceptors (Lipinski definition) is 5. The summed E-state index contributed by atoms with van der Waals surface area (Å²) >= 11 is 0. The van der Waals surface area contributed by atoms with E-state index in [1.807, 2.05) is 0 Å². The van der Waals surface area contributed by atoms with Gasteiger partial charge in [0.2, 0.25) is 5.91 Å². The van der Waals surface area contributed by atoms with Crippen molar-refractivity contribution in [1.29, 1.82) is 0 Å². The van der Waals surface area contributed by atoms with Crippen molar-refractivity contribution in [2.45, 2.75) is 19.1 Å². The molecular weight excluding hydrogens is 217 g/mol. The number of aliphatic hydroxyl groups excluding tert-OH is 2. The molecule has 0 bridgehead atoms. The van der Waals surface area contributed by atoms with Crippen LogP contribution in [-0.2, 0) is 4.79 Å². The highest BCUT2D eigenvalue weighted by molar-refractivity contribution is 5.72. The number of aromatic nitrogens is 2. The van der Waals surface area contributed by atoms with Gasteiger partial charge in [-0.2, -0.15) is 4.39 Å². The molecule has 0 aliphatic rings. The molecule has 0 aliphatic carbocycles. The lowest BCUT2D eigenvalue weighted by Crippen LogP contribution is -2.34. The minimum absolute atomic E-state index is 0.103. The molecule has 16 heavy (non-hydrogen) atoms. The van der Waals surface area contributed by atoms with E-state index >= 15 is 0 Å². The van der Waals surface area contributed by atoms with Gasteiger partial charge in [0.25, 0.3) is 0 Å². The SMILES string of the molecule is CC(=O)NCC(O)C(O)c1cnc(F)nc1. The van der Waals surface area contributed by atoms with E-state index in [0.29, 0.717) is 0 Å². The first-order valence-corrected chi connectivity index (χ1v) is 4.58. The summed E-state index contributed by atoms with van der Waals surface area (Å²) in [5, 5.41) is 21.4. The summed E-state index contributed by atoms with van der Waals surface area (Å²) in [6.07, 6.45) is -1.23. The highest BCUT2D eigenvalue weighted by Gasteiger charge is 2.19. The van der Waals surface area contributed by atoms with Crippen molar-refractivity contribution < 1.29 is 19.4 Å². The quantitative estimate of drug-likeness (QED) is 0.584. The summed E-state index contributed by atoms with van der Waals surface area (Å²) in [6, 6.07) is 0. The monoisotopic (exact) mass is 229 g/mol. The number of amides is 1. The Kier molecular flexibility index (Phi) is 4.27. The van der Waals surface area contributed by atoms with Crippen molar-refractivity contribution >= 4 is 5.91 Å². The van der Waals surface area contributed by atoms with Gasteiger partial charge in [0.15, 0.2) is 0 Å². The minimum atomic E-state index is -1.27. The Morgan fingerprint density at radius 3 is 2.56 bits per heavy atom. The number of carbonyl (C=O) groups excluding carboxylic acids is 1. The number of hydrogen-bond donors (Lipinski definition) is 3. The molecule has 1 rings (SSSR count). The molecule has 6 nitrogen and oxygen atoms in total. The van der Waals surface area contributed by atoms with Crippen LogP contribution < -0.4 is 5.32 Å². The second-order valence-corrected chi connectivity index (χ2v) is 3.23. The van der Waals surface area contributed by atoms with Gasteiger partial charge in [-0.25, -0.2) is 9.97 Å². The predicted octanol–water partition coefficient (Wildman–Crippen LogP) is -0.854. The number of halogens is 1. The second kappa shape index (κ2) is 5.47. The molecule has 2 atom stereocenters. The molecular formula is C9H12FN3O3. The van der Waals surface area contributed by atoms with E-state index in [9.17, 15) is 19.4 Å². The summed E-state index contributed by atoms with van der Waals surface area (Å²) < 4.78 is 12.4. The third kappa shape index (κ3) is 3.52. The molecule has 1 aromatic heterocycles. The summed E-state index contributed by atoms with van der Waals surface area (Å²) in [6.45, 7) is 1.19. The normalized spacial score (nSPS) is 14.2. The fourth-order valence-electron chi connectivity index (χ4n) is 1.06. The third-order valence-electron chi connectivity index (χ3n) is 1.91. The first kappa shape index (κ1) is 12.5. The fraction of sp³-hybridized carbons (Fsp3) is 0.444. The van der Waals surface area contributed by atoms with Gasteiger partial charge in [-0.1, -0.05) is 0 Å². The molecule has 1 amide bonds. The summed E-state index contributed by atoms with van der Waals surface area (Å²) in [5.41, 5.74) is 0.180. The smallest absolute Gasteiger partial charge is 0.308 e. The van der Waals surface area contributed by atoms with E-state index in [4.69, 9.17) is 0 Å². The van der Waals surface area contributed by atoms with Crippen molar-refractivity contribution in [2.75, 3.05) is 6.54 Å². The molecule has 7 heteroatoms. The van der Waals surface area contributed by atoms with Crippen LogP contribution in [0.5, 0.6) is 0 Å². The minimum Gasteiger partial charge on any atom is -0.388 e. The standard InChI is InChI=1S/C9H12FN3O3/c1-5(14)11-4-7(15)8(16)6-2-12-9(10)13-3-6/h2-3,7-8,15-16H,4H2,1H3,(H,11,14). The summed E-state index contributed by atoms with van der Waals surface area (Å²) in [5.74, 6) is -0.318. The highest BCUT2D eigenvalue weighted by Crippen LogP contribution is 2.14. The Labute approximate surface area is 91.2 Å². The molecule has 0 spiro atoms. The number of aliphatic hydroxyl groups is 2. The van der Waals surface area contributed by atoms with Gasteiger partial charge in [-0.05, 0) is 0 Å². The first-order valence-electron chi connectivity index (χ1n) is 4.58. The van der Waals surface area contributed by atoms with Gasteiger partial charge < -0.3 is 15.5 Å². The van der Waals surface area contributed by atoms with E-state index in [0.717, 1.165) is 12.4 Å². The summed E-state index contributed by atoms with van der Waals surface area (Å²) in [7, 11) is 0. The molecule has 1 heterocycles. The lowest BCUT2D eigenvalue weighted by atomic mass is 10.1. The first-order chi connectivity index (χ1) is 7.50. The van der Waals surface area contributed by atoms with Gasteiger partial charge in [-0.15, -0.1) is 0 Å². The predicted molar refractivity (Wildman–Crippen MR) is 51.6 cm³/mol. The van der Waals surface area contributed by atoms with Crippen LogP contribution in [0.2, 0.25) is 0 Å². The van der Waals surface area contributed by atoms with Crippen molar-refractivity contribution in [3.8, 4) is 0 Å². The third-order valence-corrected chi connectivity index (χ3v) is 1.91. The topological polar surface area (TPSA) is 95.3 Å². The van der Waals surface area contributed by atoms with E-state index in [1.54, 1.807) is 0 Å². The van der Waals surface area contributed by atoms with Gasteiger partial charge in [0.1, 0.15) is 12.2 Å². The Balaban J connectivity index is 2.59. The van der Waals surface area contributed by atoms with Crippen LogP contribution in [0.25, 0.3) is 0 Å². The number of carbonyl (C=O) groups is 1. The summed E-state index contributed by atoms with van der Waals surface area (Å²) in [4.78, 5) is 17.1. The van der Waals surface area contributed by atoms with Crippen molar-refractivity contribution in [2.24, 2.45) is 0 Å². The molecule has 0 saturated carbocycles. The highest BCUT2D eigenvalue weighted by atomic mass is 19.1. The Morgan fingerprint density at radius 1 is 1.50 bits per heavy atom. The Morgan fingerprint density at radius 2 is 2.06 bits per heavy atom. The van der Waals surface area contributed by atoms with Gasteiger partial charge in [0, 0.05) is 31.4 Å². The fourth-order valence-corrected chi connectivity index (χ4v) is 1.06. The maximum Gasteiger partial charge on any atom is 0.308 e. The molecule has 2 unspecified atom stereocenters. The number of nitrogens with one attached hydrogen (secondary N) is 1. The van der Waals surface area contributed by atoms with E-state index < -0.39 is 18.3 Å². The lowest BCUT2D eigenvalue weighted by molar-refractivity contribution is -0.119. The molecule has 0 aromatic carbocycles. The van der Waals surface area contributed by atoms with Crippen LogP contribution in [0.4, 0.5) is 4.39 Å². The molecule has 0 radical (unpaired) electrons. The molecule has 0 aliphatic heterocycles. The van der Waals surface area contributed by atoms with Crippen molar-refractivity contribution in [3.05, 3.63) is 24.0 Å². The van der Waals surface area contributed by atoms with E-state index in [1.165, 1.54) is 6.92 Å². The van der Waals surface area contributed by atoms with E-state index in [2.05, 4.69) is 15.3 Å². The Bertz CT molecular complexity index is 358. The van der Waals surface area contributed by atoms with Crippen LogP contribution >= 0.6 is 0 Å². The van der Waals surface area contributed by atoms with Crippen LogP contribution in [0, 0.1) is 6.08 Å². The van der Waals surface area contributed by atoms with E-state index in [-0.39, 0.29) is 18.0 Å². The second-order valence-electron chi connectivity index (χ2n) is 3.23. The van der Waals surface area contributed by atoms with Gasteiger partial charge in [-0.3, -0.25) is 4.79 Å². The number of nitrogens with zero attached hydrogens (tertiary/aromatic N) is 2. The Hall–Kier alpha value is -1.60. The number of rotatable bonds is 4.